The van der Waals surface area contributed by atoms with Gasteiger partial charge in [0.05, 0.1) is 9.80 Å². The second-order valence-electron chi connectivity index (χ2n) is 4.97. The summed E-state index contributed by atoms with van der Waals surface area (Å²) in [5, 5.41) is 1.44. The summed E-state index contributed by atoms with van der Waals surface area (Å²) in [5.41, 5.74) is 0. The summed E-state index contributed by atoms with van der Waals surface area (Å²) in [4.78, 5) is 0. The molecule has 0 aliphatic rings. The van der Waals surface area contributed by atoms with Gasteiger partial charge >= 0.3 is 0 Å². The molecule has 0 radical (unpaired) electrons. The van der Waals surface area contributed by atoms with Gasteiger partial charge in [-0.2, -0.15) is 0 Å². The fraction of sp³-hybridized carbons (Fsp3) is 0.200. The fourth-order valence-electron chi connectivity index (χ4n) is 1.79. The summed E-state index contributed by atoms with van der Waals surface area (Å²) in [6, 6.07) is 18.9. The van der Waals surface area contributed by atoms with Gasteiger partial charge in [0, 0.05) is 0 Å². The zero-order valence-corrected chi connectivity index (χ0v) is 13.8. The minimum absolute atomic E-state index is 0.816. The van der Waals surface area contributed by atoms with E-state index in [2.05, 4.69) is 72.1 Å². The van der Waals surface area contributed by atoms with Gasteiger partial charge in [0.15, 0.2) is 0 Å². The molecule has 0 N–H and O–H groups in total. The highest BCUT2D eigenvalue weighted by Gasteiger charge is 2.24. The van der Waals surface area contributed by atoms with Crippen molar-refractivity contribution in [2.24, 2.45) is 0 Å². The van der Waals surface area contributed by atoms with Crippen molar-refractivity contribution in [3.63, 3.8) is 0 Å². The van der Waals surface area contributed by atoms with Gasteiger partial charge in [0.1, 0.15) is 13.8 Å². The van der Waals surface area contributed by atoms with Crippen molar-refractivity contribution in [1.82, 2.24) is 0 Å². The monoisotopic (exact) mass is 368 g/mol. The van der Waals surface area contributed by atoms with Crippen LogP contribution in [0, 0.1) is 3.57 Å². The number of para-hydroxylation sites is 1. The van der Waals surface area contributed by atoms with E-state index in [9.17, 15) is 0 Å². The molecule has 0 aromatic heterocycles. The van der Waals surface area contributed by atoms with Crippen LogP contribution in [0.5, 0.6) is 5.75 Å². The van der Waals surface area contributed by atoms with Crippen LogP contribution in [0.3, 0.4) is 0 Å². The van der Waals surface area contributed by atoms with E-state index >= 15 is 0 Å². The lowest BCUT2D eigenvalue weighted by Gasteiger charge is -2.23. The Hall–Kier alpha value is -0.813. The Labute approximate surface area is 123 Å². The lowest BCUT2D eigenvalue weighted by atomic mass is 10.3. The molecule has 0 heterocycles. The minimum Gasteiger partial charge on any atom is -0.496 e. The maximum atomic E-state index is 6.01. The first kappa shape index (κ1) is 13.6. The van der Waals surface area contributed by atoms with Gasteiger partial charge in [-0.25, -0.2) is 0 Å². The first-order valence-corrected chi connectivity index (χ1v) is 10.3. The predicted molar refractivity (Wildman–Crippen MR) is 88.2 cm³/mol. The lowest BCUT2D eigenvalue weighted by Crippen LogP contribution is -2.47. The molecule has 0 aliphatic heterocycles. The lowest BCUT2D eigenvalue weighted by molar-refractivity contribution is 0.376. The average molecular weight is 368 g/mol. The van der Waals surface area contributed by atoms with E-state index in [0.717, 1.165) is 12.0 Å². The molecule has 0 saturated carbocycles. The van der Waals surface area contributed by atoms with Crippen molar-refractivity contribution in [2.45, 2.75) is 13.1 Å². The van der Waals surface area contributed by atoms with Gasteiger partial charge in [-0.3, -0.25) is 0 Å². The van der Waals surface area contributed by atoms with Gasteiger partial charge in [-0.15, -0.1) is 0 Å². The number of hydrogen-bond donors (Lipinski definition) is 0. The molecule has 18 heavy (non-hydrogen) atoms. The van der Waals surface area contributed by atoms with Crippen LogP contribution < -0.4 is 9.92 Å². The van der Waals surface area contributed by atoms with Crippen molar-refractivity contribution in [2.75, 3.05) is 6.23 Å². The van der Waals surface area contributed by atoms with Crippen molar-refractivity contribution in [3.05, 3.63) is 58.2 Å². The van der Waals surface area contributed by atoms with Crippen LogP contribution >= 0.6 is 22.6 Å². The zero-order valence-electron chi connectivity index (χ0n) is 10.7. The Kier molecular flexibility index (Phi) is 4.45. The first-order chi connectivity index (χ1) is 8.59. The third-order valence-corrected chi connectivity index (χ3v) is 6.63. The SMILES string of the molecule is C[Si](C)(COc1ccccc1I)c1ccccc1. The Bertz CT molecular complexity index is 511. The molecule has 2 aromatic carbocycles. The zero-order chi connectivity index (χ0) is 13.0. The number of ether oxygens (including phenoxy) is 1. The molecule has 0 atom stereocenters. The van der Waals surface area contributed by atoms with Crippen molar-refractivity contribution < 1.29 is 4.74 Å². The molecule has 2 aromatic rings. The number of benzene rings is 2. The fourth-order valence-corrected chi connectivity index (χ4v) is 4.11. The number of hydrogen-bond acceptors (Lipinski definition) is 1. The molecule has 94 valence electrons. The summed E-state index contributed by atoms with van der Waals surface area (Å²) in [5.74, 6) is 0.995. The van der Waals surface area contributed by atoms with Gasteiger partial charge in [0.25, 0.3) is 0 Å². The van der Waals surface area contributed by atoms with Gasteiger partial charge < -0.3 is 4.74 Å². The van der Waals surface area contributed by atoms with E-state index < -0.39 is 8.07 Å². The molecule has 0 spiro atoms. The highest BCUT2D eigenvalue weighted by Crippen LogP contribution is 2.20. The minimum atomic E-state index is -1.51. The van der Waals surface area contributed by atoms with E-state index in [0.29, 0.717) is 0 Å². The molecule has 1 nitrogen and oxygen atoms in total. The van der Waals surface area contributed by atoms with Crippen molar-refractivity contribution in [3.8, 4) is 5.75 Å². The van der Waals surface area contributed by atoms with Gasteiger partial charge in [-0.1, -0.05) is 60.7 Å². The molecule has 0 unspecified atom stereocenters. The van der Waals surface area contributed by atoms with Crippen LogP contribution in [-0.2, 0) is 0 Å². The summed E-state index contributed by atoms with van der Waals surface area (Å²) in [6.07, 6.45) is 0.816. The Balaban J connectivity index is 2.08. The topological polar surface area (TPSA) is 9.23 Å². The van der Waals surface area contributed by atoms with Gasteiger partial charge in [-0.05, 0) is 34.7 Å². The molecule has 2 rings (SSSR count). The molecule has 0 aliphatic carbocycles. The van der Waals surface area contributed by atoms with Crippen LogP contribution in [0.25, 0.3) is 0 Å². The van der Waals surface area contributed by atoms with Crippen LogP contribution in [0.2, 0.25) is 13.1 Å². The summed E-state index contributed by atoms with van der Waals surface area (Å²) >= 11 is 2.32. The third-order valence-electron chi connectivity index (χ3n) is 2.98. The summed E-state index contributed by atoms with van der Waals surface area (Å²) in [7, 11) is -1.51. The van der Waals surface area contributed by atoms with E-state index in [1.54, 1.807) is 0 Å². The second kappa shape index (κ2) is 5.89. The summed E-state index contributed by atoms with van der Waals surface area (Å²) in [6.45, 7) is 4.69. The Morgan fingerprint density at radius 2 is 1.56 bits per heavy atom. The maximum Gasteiger partial charge on any atom is 0.132 e. The second-order valence-corrected chi connectivity index (χ2v) is 10.8. The van der Waals surface area contributed by atoms with E-state index in [4.69, 9.17) is 4.74 Å². The van der Waals surface area contributed by atoms with Crippen LogP contribution in [0.4, 0.5) is 0 Å². The quantitative estimate of drug-likeness (QED) is 0.589. The number of rotatable bonds is 4. The van der Waals surface area contributed by atoms with E-state index in [1.165, 1.54) is 8.76 Å². The average Bonchev–Trinajstić information content (AvgIpc) is 2.39. The van der Waals surface area contributed by atoms with Gasteiger partial charge in [0.2, 0.25) is 0 Å². The van der Waals surface area contributed by atoms with Crippen LogP contribution in [-0.4, -0.2) is 14.3 Å². The molecule has 0 bridgehead atoms. The third kappa shape index (κ3) is 3.35. The smallest absolute Gasteiger partial charge is 0.132 e. The maximum absolute atomic E-state index is 6.01. The standard InChI is InChI=1S/C15H17IOSi/c1-18(2,13-8-4-3-5-9-13)12-17-15-11-7-6-10-14(15)16/h3-11H,12H2,1-2H3. The largest absolute Gasteiger partial charge is 0.496 e. The van der Waals surface area contributed by atoms with E-state index in [1.807, 2.05) is 18.2 Å². The first-order valence-electron chi connectivity index (χ1n) is 6.02. The molecular weight excluding hydrogens is 351 g/mol. The normalized spacial score (nSPS) is 11.3. The summed E-state index contributed by atoms with van der Waals surface area (Å²) < 4.78 is 7.18. The molecule has 0 amide bonds. The molecule has 0 saturated heterocycles. The van der Waals surface area contributed by atoms with Crippen molar-refractivity contribution in [1.29, 1.82) is 0 Å². The number of halogens is 1. The van der Waals surface area contributed by atoms with Crippen molar-refractivity contribution >= 4 is 35.9 Å². The highest BCUT2D eigenvalue weighted by molar-refractivity contribution is 14.1. The molecule has 0 fully saturated rings. The Morgan fingerprint density at radius 1 is 0.944 bits per heavy atom. The van der Waals surface area contributed by atoms with E-state index in [-0.39, 0.29) is 0 Å². The highest BCUT2D eigenvalue weighted by atomic mass is 127. The predicted octanol–water partition coefficient (Wildman–Crippen LogP) is 3.82. The van der Waals surface area contributed by atoms with Crippen LogP contribution in [0.1, 0.15) is 0 Å². The molecule has 3 heteroatoms. The Morgan fingerprint density at radius 3 is 2.22 bits per heavy atom. The molecular formula is C15H17IOSi. The van der Waals surface area contributed by atoms with Crippen LogP contribution in [0.15, 0.2) is 54.6 Å².